The second-order valence-corrected chi connectivity index (χ2v) is 7.46. The average Bonchev–Trinajstić information content (AvgIpc) is 2.95. The first kappa shape index (κ1) is 17.5. The van der Waals surface area contributed by atoms with E-state index in [0.717, 1.165) is 16.1 Å². The van der Waals surface area contributed by atoms with E-state index in [1.165, 1.54) is 6.26 Å². The maximum Gasteiger partial charge on any atom is 0.239 e. The number of nitrogens with one attached hydrogen (secondary N) is 1. The summed E-state index contributed by atoms with van der Waals surface area (Å²) in [6.45, 7) is 1.45. The molecule has 0 unspecified atom stereocenters. The van der Waals surface area contributed by atoms with E-state index in [1.54, 1.807) is 37.3 Å². The Morgan fingerprint density at radius 3 is 2.65 bits per heavy atom. The fourth-order valence-electron chi connectivity index (χ4n) is 1.96. The molecule has 1 aromatic carbocycles. The van der Waals surface area contributed by atoms with Gasteiger partial charge < -0.3 is 9.73 Å². The molecule has 2 aromatic rings. The van der Waals surface area contributed by atoms with Crippen LogP contribution in [0.25, 0.3) is 0 Å². The summed E-state index contributed by atoms with van der Waals surface area (Å²) in [6.07, 6.45) is 2.50. The third-order valence-corrected chi connectivity index (χ3v) is 4.85. The Hall–Kier alpha value is -1.83. The number of anilines is 1. The van der Waals surface area contributed by atoms with E-state index in [4.69, 9.17) is 16.0 Å². The zero-order valence-corrected chi connectivity index (χ0v) is 14.3. The van der Waals surface area contributed by atoms with E-state index in [1.807, 2.05) is 0 Å². The number of hydrogen-bond donors (Lipinski definition) is 1. The molecule has 1 heterocycles. The molecule has 0 bridgehead atoms. The van der Waals surface area contributed by atoms with Crippen LogP contribution in [0.4, 0.5) is 5.69 Å². The summed E-state index contributed by atoms with van der Waals surface area (Å²) < 4.78 is 29.9. The van der Waals surface area contributed by atoms with Crippen molar-refractivity contribution < 1.29 is 17.6 Å². The minimum atomic E-state index is -3.56. The molecule has 0 saturated heterocycles. The monoisotopic (exact) mass is 356 g/mol. The Balaban J connectivity index is 2.10. The van der Waals surface area contributed by atoms with Crippen LogP contribution in [0, 0.1) is 6.92 Å². The summed E-state index contributed by atoms with van der Waals surface area (Å²) in [5.74, 6) is 0.00880. The number of amides is 1. The standard InChI is InChI=1S/C15H17ClN2O4S/c1-11-13(16)6-3-7-14(11)17-15(19)10-18(23(2,20)21)9-12-5-4-8-22-12/h3-8H,9-10H2,1-2H3,(H,17,19). The van der Waals surface area contributed by atoms with Gasteiger partial charge in [-0.1, -0.05) is 17.7 Å². The van der Waals surface area contributed by atoms with Crippen molar-refractivity contribution in [2.75, 3.05) is 18.1 Å². The van der Waals surface area contributed by atoms with E-state index >= 15 is 0 Å². The number of rotatable bonds is 6. The Kier molecular flexibility index (Phi) is 5.46. The molecule has 0 spiro atoms. The molecule has 23 heavy (non-hydrogen) atoms. The highest BCUT2D eigenvalue weighted by Crippen LogP contribution is 2.23. The Labute approximate surface area is 140 Å². The van der Waals surface area contributed by atoms with Crippen molar-refractivity contribution in [3.05, 3.63) is 52.9 Å². The summed E-state index contributed by atoms with van der Waals surface area (Å²) in [4.78, 5) is 12.2. The number of sulfonamides is 1. The number of halogens is 1. The molecular weight excluding hydrogens is 340 g/mol. The van der Waals surface area contributed by atoms with Crippen LogP contribution in [0.2, 0.25) is 5.02 Å². The molecule has 1 aromatic heterocycles. The number of benzene rings is 1. The van der Waals surface area contributed by atoms with E-state index in [2.05, 4.69) is 5.32 Å². The highest BCUT2D eigenvalue weighted by atomic mass is 35.5. The van der Waals surface area contributed by atoms with Gasteiger partial charge in [-0.15, -0.1) is 0 Å². The van der Waals surface area contributed by atoms with Crippen LogP contribution in [0.5, 0.6) is 0 Å². The first-order chi connectivity index (χ1) is 10.8. The minimum Gasteiger partial charge on any atom is -0.468 e. The number of hydrogen-bond acceptors (Lipinski definition) is 4. The Morgan fingerprint density at radius 1 is 1.30 bits per heavy atom. The molecule has 0 saturated carbocycles. The van der Waals surface area contributed by atoms with Gasteiger partial charge in [0.25, 0.3) is 0 Å². The molecule has 8 heteroatoms. The molecule has 124 valence electrons. The first-order valence-corrected chi connectivity index (χ1v) is 9.02. The van der Waals surface area contributed by atoms with Crippen molar-refractivity contribution in [3.63, 3.8) is 0 Å². The lowest BCUT2D eigenvalue weighted by atomic mass is 10.2. The second kappa shape index (κ2) is 7.16. The maximum atomic E-state index is 12.2. The molecule has 0 aliphatic heterocycles. The van der Waals surface area contributed by atoms with E-state index in [9.17, 15) is 13.2 Å². The smallest absolute Gasteiger partial charge is 0.239 e. The lowest BCUT2D eigenvalue weighted by Crippen LogP contribution is -2.36. The molecule has 1 N–H and O–H groups in total. The third kappa shape index (κ3) is 4.82. The summed E-state index contributed by atoms with van der Waals surface area (Å²) in [6, 6.07) is 8.44. The molecule has 2 rings (SSSR count). The van der Waals surface area contributed by atoms with E-state index in [-0.39, 0.29) is 13.1 Å². The normalized spacial score (nSPS) is 11.7. The van der Waals surface area contributed by atoms with Crippen LogP contribution in [0.15, 0.2) is 41.0 Å². The summed E-state index contributed by atoms with van der Waals surface area (Å²) in [5, 5.41) is 3.20. The van der Waals surface area contributed by atoms with Gasteiger partial charge in [-0.3, -0.25) is 4.79 Å². The minimum absolute atomic E-state index is 0.00617. The van der Waals surface area contributed by atoms with Crippen LogP contribution in [0.1, 0.15) is 11.3 Å². The highest BCUT2D eigenvalue weighted by molar-refractivity contribution is 7.88. The van der Waals surface area contributed by atoms with Crippen molar-refractivity contribution in [2.45, 2.75) is 13.5 Å². The van der Waals surface area contributed by atoms with Crippen molar-refractivity contribution >= 4 is 33.2 Å². The molecular formula is C15H17ClN2O4S. The number of carbonyl (C=O) groups excluding carboxylic acids is 1. The average molecular weight is 357 g/mol. The zero-order chi connectivity index (χ0) is 17.0. The maximum absolute atomic E-state index is 12.2. The van der Waals surface area contributed by atoms with Gasteiger partial charge in [-0.2, -0.15) is 4.31 Å². The highest BCUT2D eigenvalue weighted by Gasteiger charge is 2.22. The van der Waals surface area contributed by atoms with Crippen molar-refractivity contribution in [1.29, 1.82) is 0 Å². The van der Waals surface area contributed by atoms with Crippen LogP contribution in [-0.2, 0) is 21.4 Å². The third-order valence-electron chi connectivity index (χ3n) is 3.24. The van der Waals surface area contributed by atoms with Gasteiger partial charge >= 0.3 is 0 Å². The number of furan rings is 1. The van der Waals surface area contributed by atoms with Crippen LogP contribution in [0.3, 0.4) is 0 Å². The topological polar surface area (TPSA) is 79.6 Å². The van der Waals surface area contributed by atoms with Gasteiger partial charge in [-0.05, 0) is 36.8 Å². The van der Waals surface area contributed by atoms with Crippen LogP contribution in [-0.4, -0.2) is 31.4 Å². The SMILES string of the molecule is Cc1c(Cl)cccc1NC(=O)CN(Cc1ccco1)S(C)(=O)=O. The van der Waals surface area contributed by atoms with Crippen LogP contribution < -0.4 is 5.32 Å². The predicted octanol–water partition coefficient (Wildman–Crippen LogP) is 2.64. The fourth-order valence-corrected chi connectivity index (χ4v) is 2.85. The first-order valence-electron chi connectivity index (χ1n) is 6.80. The van der Waals surface area contributed by atoms with Gasteiger partial charge in [-0.25, -0.2) is 8.42 Å². The second-order valence-electron chi connectivity index (χ2n) is 5.07. The van der Waals surface area contributed by atoms with Gasteiger partial charge in [0, 0.05) is 10.7 Å². The van der Waals surface area contributed by atoms with Crippen LogP contribution >= 0.6 is 11.6 Å². The Morgan fingerprint density at radius 2 is 2.04 bits per heavy atom. The molecule has 0 aliphatic rings. The van der Waals surface area contributed by atoms with E-state index in [0.29, 0.717) is 16.5 Å². The molecule has 1 amide bonds. The van der Waals surface area contributed by atoms with Gasteiger partial charge in [0.15, 0.2) is 0 Å². The summed E-state index contributed by atoms with van der Waals surface area (Å²) in [7, 11) is -3.56. The molecule has 0 fully saturated rings. The molecule has 0 atom stereocenters. The molecule has 0 radical (unpaired) electrons. The fraction of sp³-hybridized carbons (Fsp3) is 0.267. The lowest BCUT2D eigenvalue weighted by Gasteiger charge is -2.18. The lowest BCUT2D eigenvalue weighted by molar-refractivity contribution is -0.116. The quantitative estimate of drug-likeness (QED) is 0.862. The van der Waals surface area contributed by atoms with Crippen molar-refractivity contribution in [3.8, 4) is 0 Å². The number of carbonyl (C=O) groups is 1. The molecule has 0 aliphatic carbocycles. The molecule has 6 nitrogen and oxygen atoms in total. The largest absolute Gasteiger partial charge is 0.468 e. The predicted molar refractivity (Wildman–Crippen MR) is 88.8 cm³/mol. The van der Waals surface area contributed by atoms with Gasteiger partial charge in [0.2, 0.25) is 15.9 Å². The zero-order valence-electron chi connectivity index (χ0n) is 12.7. The van der Waals surface area contributed by atoms with Gasteiger partial charge in [0.1, 0.15) is 5.76 Å². The summed E-state index contributed by atoms with van der Waals surface area (Å²) in [5.41, 5.74) is 1.27. The summed E-state index contributed by atoms with van der Waals surface area (Å²) >= 11 is 6.00. The van der Waals surface area contributed by atoms with E-state index < -0.39 is 15.9 Å². The van der Waals surface area contributed by atoms with Crippen molar-refractivity contribution in [2.24, 2.45) is 0 Å². The number of nitrogens with zero attached hydrogens (tertiary/aromatic N) is 1. The van der Waals surface area contributed by atoms with Gasteiger partial charge in [0.05, 0.1) is 25.6 Å². The Bertz CT molecular complexity index is 788. The van der Waals surface area contributed by atoms with Crippen molar-refractivity contribution in [1.82, 2.24) is 4.31 Å².